The zero-order valence-corrected chi connectivity index (χ0v) is 13.0. The van der Waals surface area contributed by atoms with E-state index in [4.69, 9.17) is 16.7 Å². The summed E-state index contributed by atoms with van der Waals surface area (Å²) in [6, 6.07) is 5.69. The Kier molecular flexibility index (Phi) is 5.22. The number of H-pyrrole nitrogens is 1. The van der Waals surface area contributed by atoms with Gasteiger partial charge in [0.05, 0.1) is 6.54 Å². The van der Waals surface area contributed by atoms with E-state index in [2.05, 4.69) is 4.98 Å². The molecule has 2 rings (SSSR count). The van der Waals surface area contributed by atoms with Gasteiger partial charge in [-0.05, 0) is 31.8 Å². The van der Waals surface area contributed by atoms with E-state index in [1.54, 1.807) is 0 Å². The Balaban J connectivity index is 2.15. The summed E-state index contributed by atoms with van der Waals surface area (Å²) >= 11 is 5.97. The van der Waals surface area contributed by atoms with Crippen molar-refractivity contribution in [2.45, 2.75) is 6.54 Å². The van der Waals surface area contributed by atoms with Crippen LogP contribution in [0, 0.1) is 0 Å². The van der Waals surface area contributed by atoms with Gasteiger partial charge in [0.25, 0.3) is 0 Å². The van der Waals surface area contributed by atoms with Crippen LogP contribution in [0.3, 0.4) is 0 Å². The summed E-state index contributed by atoms with van der Waals surface area (Å²) in [4.78, 5) is 18.2. The first-order valence-electron chi connectivity index (χ1n) is 6.80. The molecule has 1 heterocycles. The maximum absolute atomic E-state index is 11.0. The second-order valence-electron chi connectivity index (χ2n) is 5.41. The van der Waals surface area contributed by atoms with Crippen molar-refractivity contribution in [3.8, 4) is 0 Å². The number of rotatable bonds is 7. The van der Waals surface area contributed by atoms with E-state index >= 15 is 0 Å². The van der Waals surface area contributed by atoms with Crippen LogP contribution in [-0.4, -0.2) is 59.6 Å². The zero-order valence-electron chi connectivity index (χ0n) is 12.3. The highest BCUT2D eigenvalue weighted by molar-refractivity contribution is 6.31. The number of halogens is 1. The van der Waals surface area contributed by atoms with Gasteiger partial charge in [-0.25, -0.2) is 0 Å². The third kappa shape index (κ3) is 4.46. The Hall–Kier alpha value is -1.56. The number of fused-ring (bicyclic) bond motifs is 1. The average molecular weight is 310 g/mol. The van der Waals surface area contributed by atoms with Crippen LogP contribution in [0.4, 0.5) is 0 Å². The van der Waals surface area contributed by atoms with E-state index in [0.717, 1.165) is 23.0 Å². The molecule has 0 unspecified atom stereocenters. The molecule has 0 radical (unpaired) electrons. The van der Waals surface area contributed by atoms with Crippen molar-refractivity contribution in [2.75, 3.05) is 33.7 Å². The van der Waals surface area contributed by atoms with Gasteiger partial charge in [0.2, 0.25) is 0 Å². The maximum atomic E-state index is 11.0. The van der Waals surface area contributed by atoms with E-state index in [1.807, 2.05) is 48.3 Å². The molecule has 21 heavy (non-hydrogen) atoms. The summed E-state index contributed by atoms with van der Waals surface area (Å²) < 4.78 is 0. The van der Waals surface area contributed by atoms with Gasteiger partial charge in [0.15, 0.2) is 0 Å². The minimum atomic E-state index is -0.809. The van der Waals surface area contributed by atoms with Crippen molar-refractivity contribution in [3.05, 3.63) is 35.0 Å². The first-order valence-corrected chi connectivity index (χ1v) is 7.18. The van der Waals surface area contributed by atoms with Crippen LogP contribution in [0.1, 0.15) is 5.56 Å². The molecule has 1 aromatic heterocycles. The lowest BCUT2D eigenvalue weighted by Gasteiger charge is -2.22. The van der Waals surface area contributed by atoms with Crippen LogP contribution in [0.25, 0.3) is 10.9 Å². The minimum Gasteiger partial charge on any atom is -0.480 e. The number of nitrogens with zero attached hydrogens (tertiary/aromatic N) is 2. The second kappa shape index (κ2) is 6.93. The largest absolute Gasteiger partial charge is 0.480 e. The molecule has 2 N–H and O–H groups in total. The summed E-state index contributed by atoms with van der Waals surface area (Å²) in [5.74, 6) is -0.809. The first-order chi connectivity index (χ1) is 9.95. The third-order valence-electron chi connectivity index (χ3n) is 3.35. The number of aromatic amines is 1. The van der Waals surface area contributed by atoms with E-state index in [-0.39, 0.29) is 6.54 Å². The summed E-state index contributed by atoms with van der Waals surface area (Å²) in [6.07, 6.45) is 1.92. The Morgan fingerprint density at radius 1 is 1.33 bits per heavy atom. The molecular weight excluding hydrogens is 290 g/mol. The molecule has 0 aliphatic rings. The smallest absolute Gasteiger partial charge is 0.317 e. The monoisotopic (exact) mass is 309 g/mol. The van der Waals surface area contributed by atoms with E-state index < -0.39 is 5.97 Å². The zero-order chi connectivity index (χ0) is 15.4. The summed E-state index contributed by atoms with van der Waals surface area (Å²) in [6.45, 7) is 2.16. The normalized spacial score (nSPS) is 11.7. The van der Waals surface area contributed by atoms with E-state index in [1.165, 1.54) is 0 Å². The van der Waals surface area contributed by atoms with Gasteiger partial charge in [-0.1, -0.05) is 17.7 Å². The van der Waals surface area contributed by atoms with Crippen LogP contribution in [0.15, 0.2) is 24.4 Å². The van der Waals surface area contributed by atoms with Crippen LogP contribution < -0.4 is 0 Å². The van der Waals surface area contributed by atoms with Crippen molar-refractivity contribution in [1.82, 2.24) is 14.8 Å². The van der Waals surface area contributed by atoms with Crippen molar-refractivity contribution in [3.63, 3.8) is 0 Å². The van der Waals surface area contributed by atoms with Crippen LogP contribution in [0.2, 0.25) is 5.02 Å². The van der Waals surface area contributed by atoms with E-state index in [0.29, 0.717) is 18.1 Å². The molecule has 0 bridgehead atoms. The Morgan fingerprint density at radius 3 is 2.76 bits per heavy atom. The summed E-state index contributed by atoms with van der Waals surface area (Å²) in [7, 11) is 3.96. The molecule has 6 heteroatoms. The first kappa shape index (κ1) is 15.8. The molecule has 2 aromatic rings. The molecule has 0 aliphatic carbocycles. The van der Waals surface area contributed by atoms with E-state index in [9.17, 15) is 4.79 Å². The number of aliphatic carboxylic acids is 1. The minimum absolute atomic E-state index is 0.0358. The number of benzene rings is 1. The van der Waals surface area contributed by atoms with Crippen LogP contribution >= 0.6 is 11.6 Å². The van der Waals surface area contributed by atoms with Gasteiger partial charge in [-0.2, -0.15) is 0 Å². The number of nitrogens with one attached hydrogen (secondary N) is 1. The highest BCUT2D eigenvalue weighted by atomic mass is 35.5. The molecular formula is C15H20ClN3O2. The van der Waals surface area contributed by atoms with Crippen LogP contribution in [-0.2, 0) is 11.3 Å². The maximum Gasteiger partial charge on any atom is 0.317 e. The number of hydrogen-bond donors (Lipinski definition) is 2. The molecule has 5 nitrogen and oxygen atoms in total. The fourth-order valence-electron chi connectivity index (χ4n) is 2.28. The quantitative estimate of drug-likeness (QED) is 0.824. The average Bonchev–Trinajstić information content (AvgIpc) is 2.77. The number of likely N-dealkylation sites (N-methyl/N-ethyl adjacent to an activating group) is 1. The van der Waals surface area contributed by atoms with Crippen molar-refractivity contribution >= 4 is 28.5 Å². The Morgan fingerprint density at radius 2 is 2.10 bits per heavy atom. The Bertz CT molecular complexity index is 624. The lowest BCUT2D eigenvalue weighted by Crippen LogP contribution is -2.35. The van der Waals surface area contributed by atoms with Gasteiger partial charge in [-0.3, -0.25) is 9.69 Å². The molecule has 0 atom stereocenters. The Labute approximate surface area is 129 Å². The highest BCUT2D eigenvalue weighted by Crippen LogP contribution is 2.23. The fourth-order valence-corrected chi connectivity index (χ4v) is 2.45. The molecule has 1 aromatic carbocycles. The molecule has 0 aliphatic heterocycles. The number of aromatic nitrogens is 1. The predicted octanol–water partition coefficient (Wildman–Crippen LogP) is 2.27. The SMILES string of the molecule is CN(C)CCN(CC(=O)O)Cc1c[nH]c2cc(Cl)ccc12. The predicted molar refractivity (Wildman–Crippen MR) is 84.8 cm³/mol. The van der Waals surface area contributed by atoms with Gasteiger partial charge in [-0.15, -0.1) is 0 Å². The highest BCUT2D eigenvalue weighted by Gasteiger charge is 2.13. The molecule has 114 valence electrons. The molecule has 0 spiro atoms. The van der Waals surface area contributed by atoms with Crippen molar-refractivity contribution < 1.29 is 9.90 Å². The lowest BCUT2D eigenvalue weighted by atomic mass is 10.1. The summed E-state index contributed by atoms with van der Waals surface area (Å²) in [5.41, 5.74) is 2.06. The second-order valence-corrected chi connectivity index (χ2v) is 5.85. The number of carboxylic acid groups (broad SMARTS) is 1. The number of hydrogen-bond acceptors (Lipinski definition) is 3. The lowest BCUT2D eigenvalue weighted by molar-refractivity contribution is -0.138. The van der Waals surface area contributed by atoms with Gasteiger partial charge in [0, 0.05) is 41.8 Å². The van der Waals surface area contributed by atoms with Gasteiger partial charge >= 0.3 is 5.97 Å². The van der Waals surface area contributed by atoms with Crippen molar-refractivity contribution in [2.24, 2.45) is 0 Å². The third-order valence-corrected chi connectivity index (χ3v) is 3.58. The molecule has 0 saturated heterocycles. The topological polar surface area (TPSA) is 59.6 Å². The number of carboxylic acids is 1. The van der Waals surface area contributed by atoms with Gasteiger partial charge < -0.3 is 15.0 Å². The van der Waals surface area contributed by atoms with Crippen molar-refractivity contribution in [1.29, 1.82) is 0 Å². The molecule has 0 saturated carbocycles. The number of carbonyl (C=O) groups is 1. The van der Waals surface area contributed by atoms with Crippen LogP contribution in [0.5, 0.6) is 0 Å². The summed E-state index contributed by atoms with van der Waals surface area (Å²) in [5, 5.41) is 10.8. The fraction of sp³-hybridized carbons (Fsp3) is 0.400. The molecule has 0 fully saturated rings. The standard InChI is InChI=1S/C15H20ClN3O2/c1-18(2)5-6-19(10-15(20)21)9-11-8-17-14-7-12(16)3-4-13(11)14/h3-4,7-8,17H,5-6,9-10H2,1-2H3,(H,20,21). The van der Waals surface area contributed by atoms with Gasteiger partial charge in [0.1, 0.15) is 0 Å². The molecule has 0 amide bonds.